The molecule has 1 aromatic heterocycles. The second-order valence-corrected chi connectivity index (χ2v) is 7.98. The molecule has 0 radical (unpaired) electrons. The number of para-hydroxylation sites is 2. The van der Waals surface area contributed by atoms with Crippen LogP contribution in [0.15, 0.2) is 72.6 Å². The topological polar surface area (TPSA) is 108 Å². The van der Waals surface area contributed by atoms with E-state index in [4.69, 9.17) is 14.9 Å². The Morgan fingerprint density at radius 3 is 2.30 bits per heavy atom. The number of aliphatic hydroxyl groups excluding tert-OH is 1. The Bertz CT molecular complexity index is 1160. The van der Waals surface area contributed by atoms with Crippen LogP contribution in [-0.4, -0.2) is 46.9 Å². The molecule has 1 fully saturated rings. The zero-order chi connectivity index (χ0) is 22.9. The van der Waals surface area contributed by atoms with Gasteiger partial charge in [0.2, 0.25) is 0 Å². The lowest BCUT2D eigenvalue weighted by molar-refractivity contribution is 0.188. The average Bonchev–Trinajstić information content (AvgIpc) is 3.55. The lowest BCUT2D eigenvalue weighted by Crippen LogP contribution is -2.37. The van der Waals surface area contributed by atoms with Crippen LogP contribution < -0.4 is 25.0 Å². The zero-order valence-electron chi connectivity index (χ0n) is 18.4. The Labute approximate surface area is 191 Å². The summed E-state index contributed by atoms with van der Waals surface area (Å²) >= 11 is 0. The molecule has 0 saturated carbocycles. The SMILES string of the molecule is COc1cc(OC)cc(N2C(=N)C(=C3Nc4ccccc4N3)C(O)C2CCn2ccnc2)c1. The number of benzene rings is 2. The summed E-state index contributed by atoms with van der Waals surface area (Å²) in [4.78, 5) is 5.96. The molecule has 2 aliphatic heterocycles. The van der Waals surface area contributed by atoms with E-state index in [1.807, 2.05) is 52.1 Å². The molecule has 1 saturated heterocycles. The van der Waals surface area contributed by atoms with Gasteiger partial charge >= 0.3 is 0 Å². The number of amidine groups is 1. The predicted octanol–water partition coefficient (Wildman–Crippen LogP) is 3.27. The number of aliphatic hydroxyl groups is 1. The van der Waals surface area contributed by atoms with Gasteiger partial charge in [0.25, 0.3) is 0 Å². The van der Waals surface area contributed by atoms with Crippen LogP contribution in [0, 0.1) is 5.41 Å². The lowest BCUT2D eigenvalue weighted by Gasteiger charge is -2.28. The summed E-state index contributed by atoms with van der Waals surface area (Å²) in [7, 11) is 3.19. The molecular weight excluding hydrogens is 420 g/mol. The first kappa shape index (κ1) is 20.9. The standard InChI is InChI=1S/C24H26N6O3/c1-32-16-11-15(12-17(13-16)33-2)30-20(7-9-29-10-8-26-14-29)22(31)21(23(30)25)24-27-18-5-3-4-6-19(18)28-24/h3-6,8,10-14,20,22,25,27-28,31H,7,9H2,1-2H3. The number of nitrogens with zero attached hydrogens (tertiary/aromatic N) is 3. The molecule has 3 heterocycles. The molecule has 3 aromatic rings. The van der Waals surface area contributed by atoms with Gasteiger partial charge < -0.3 is 34.7 Å². The Balaban J connectivity index is 1.55. The third-order valence-electron chi connectivity index (χ3n) is 6.06. The van der Waals surface area contributed by atoms with Crippen LogP contribution in [-0.2, 0) is 6.54 Å². The fourth-order valence-electron chi connectivity index (χ4n) is 4.41. The third-order valence-corrected chi connectivity index (χ3v) is 6.06. The van der Waals surface area contributed by atoms with Crippen molar-refractivity contribution < 1.29 is 14.6 Å². The van der Waals surface area contributed by atoms with E-state index in [9.17, 15) is 5.11 Å². The molecule has 9 nitrogen and oxygen atoms in total. The summed E-state index contributed by atoms with van der Waals surface area (Å²) in [6.07, 6.45) is 5.09. The molecule has 5 rings (SSSR count). The maximum absolute atomic E-state index is 11.5. The molecule has 2 aliphatic rings. The maximum atomic E-state index is 11.5. The number of rotatable bonds is 6. The summed E-state index contributed by atoms with van der Waals surface area (Å²) in [5.74, 6) is 2.08. The normalized spacial score (nSPS) is 19.4. The van der Waals surface area contributed by atoms with Gasteiger partial charge in [0.05, 0.1) is 49.2 Å². The Morgan fingerprint density at radius 2 is 1.73 bits per heavy atom. The second-order valence-electron chi connectivity index (χ2n) is 7.98. The van der Waals surface area contributed by atoms with Gasteiger partial charge in [0.1, 0.15) is 29.3 Å². The van der Waals surface area contributed by atoms with Gasteiger partial charge in [-0.1, -0.05) is 12.1 Å². The molecule has 0 aliphatic carbocycles. The number of fused-ring (bicyclic) bond motifs is 1. The highest BCUT2D eigenvalue weighted by molar-refractivity contribution is 6.13. The first-order valence-corrected chi connectivity index (χ1v) is 10.7. The van der Waals surface area contributed by atoms with E-state index in [2.05, 4.69) is 15.6 Å². The Morgan fingerprint density at radius 1 is 1.06 bits per heavy atom. The molecular formula is C24H26N6O3. The number of methoxy groups -OCH3 is 2. The summed E-state index contributed by atoms with van der Waals surface area (Å²) in [5.41, 5.74) is 3.06. The minimum Gasteiger partial charge on any atom is -0.497 e. The molecule has 0 amide bonds. The van der Waals surface area contributed by atoms with Crippen molar-refractivity contribution in [2.24, 2.45) is 0 Å². The zero-order valence-corrected chi connectivity index (χ0v) is 18.4. The summed E-state index contributed by atoms with van der Waals surface area (Å²) in [6.45, 7) is 0.649. The minimum atomic E-state index is -0.887. The maximum Gasteiger partial charge on any atom is 0.135 e. The molecule has 170 valence electrons. The van der Waals surface area contributed by atoms with E-state index in [0.29, 0.717) is 35.9 Å². The van der Waals surface area contributed by atoms with Crippen molar-refractivity contribution in [3.05, 3.63) is 72.6 Å². The Hall–Kier alpha value is -3.98. The van der Waals surface area contributed by atoms with Crippen LogP contribution in [0.1, 0.15) is 6.42 Å². The second kappa shape index (κ2) is 8.51. The van der Waals surface area contributed by atoms with E-state index >= 15 is 0 Å². The summed E-state index contributed by atoms with van der Waals surface area (Å²) < 4.78 is 12.9. The number of nitrogens with one attached hydrogen (secondary N) is 3. The van der Waals surface area contributed by atoms with Crippen LogP contribution in [0.25, 0.3) is 0 Å². The van der Waals surface area contributed by atoms with Crippen molar-refractivity contribution in [1.82, 2.24) is 9.55 Å². The van der Waals surface area contributed by atoms with Gasteiger partial charge in [-0.3, -0.25) is 5.41 Å². The van der Waals surface area contributed by atoms with Crippen molar-refractivity contribution in [3.63, 3.8) is 0 Å². The molecule has 2 unspecified atom stereocenters. The highest BCUT2D eigenvalue weighted by atomic mass is 16.5. The largest absolute Gasteiger partial charge is 0.497 e. The minimum absolute atomic E-state index is 0.219. The highest BCUT2D eigenvalue weighted by Crippen LogP contribution is 2.40. The van der Waals surface area contributed by atoms with Gasteiger partial charge in [0, 0.05) is 37.1 Å². The van der Waals surface area contributed by atoms with Crippen molar-refractivity contribution >= 4 is 22.9 Å². The van der Waals surface area contributed by atoms with Crippen molar-refractivity contribution in [2.75, 3.05) is 29.8 Å². The monoisotopic (exact) mass is 446 g/mol. The van der Waals surface area contributed by atoms with E-state index in [1.54, 1.807) is 32.8 Å². The van der Waals surface area contributed by atoms with Crippen molar-refractivity contribution in [2.45, 2.75) is 25.1 Å². The first-order valence-electron chi connectivity index (χ1n) is 10.7. The average molecular weight is 447 g/mol. The van der Waals surface area contributed by atoms with Crippen LogP contribution in [0.5, 0.6) is 11.5 Å². The predicted molar refractivity (Wildman–Crippen MR) is 127 cm³/mol. The van der Waals surface area contributed by atoms with Gasteiger partial charge in [-0.25, -0.2) is 4.98 Å². The van der Waals surface area contributed by atoms with Gasteiger partial charge in [-0.2, -0.15) is 0 Å². The molecule has 0 spiro atoms. The Kier molecular flexibility index (Phi) is 5.39. The molecule has 33 heavy (non-hydrogen) atoms. The number of hydrogen-bond donors (Lipinski definition) is 4. The first-order chi connectivity index (χ1) is 16.1. The number of aryl methyl sites for hydroxylation is 1. The fourth-order valence-corrected chi connectivity index (χ4v) is 4.41. The number of imidazole rings is 1. The van der Waals surface area contributed by atoms with Crippen LogP contribution in [0.2, 0.25) is 0 Å². The van der Waals surface area contributed by atoms with Crippen LogP contribution in [0.3, 0.4) is 0 Å². The fraction of sp³-hybridized carbons (Fsp3) is 0.250. The van der Waals surface area contributed by atoms with Crippen molar-refractivity contribution in [1.29, 1.82) is 5.41 Å². The third kappa shape index (κ3) is 3.76. The highest BCUT2D eigenvalue weighted by Gasteiger charge is 2.44. The smallest absolute Gasteiger partial charge is 0.135 e. The van der Waals surface area contributed by atoms with Gasteiger partial charge in [0.15, 0.2) is 0 Å². The van der Waals surface area contributed by atoms with Crippen LogP contribution >= 0.6 is 0 Å². The van der Waals surface area contributed by atoms with Gasteiger partial charge in [-0.05, 0) is 18.6 Å². The quantitative estimate of drug-likeness (QED) is 0.460. The molecule has 0 bridgehead atoms. The number of hydrogen-bond acceptors (Lipinski definition) is 7. The molecule has 9 heteroatoms. The van der Waals surface area contributed by atoms with E-state index in [-0.39, 0.29) is 11.9 Å². The van der Waals surface area contributed by atoms with E-state index < -0.39 is 6.10 Å². The molecule has 2 aromatic carbocycles. The van der Waals surface area contributed by atoms with Crippen molar-refractivity contribution in [3.8, 4) is 11.5 Å². The van der Waals surface area contributed by atoms with Crippen LogP contribution in [0.4, 0.5) is 17.1 Å². The number of anilines is 3. The van der Waals surface area contributed by atoms with Gasteiger partial charge in [-0.15, -0.1) is 0 Å². The lowest BCUT2D eigenvalue weighted by atomic mass is 10.0. The van der Waals surface area contributed by atoms with E-state index in [0.717, 1.165) is 17.1 Å². The summed E-state index contributed by atoms with van der Waals surface area (Å²) in [5, 5.41) is 27.2. The number of ether oxygens (including phenoxy) is 2. The number of aromatic nitrogens is 2. The van der Waals surface area contributed by atoms with E-state index in [1.165, 1.54) is 0 Å². The summed E-state index contributed by atoms with van der Waals surface area (Å²) in [6, 6.07) is 12.9. The molecule has 4 N–H and O–H groups in total. The molecule has 2 atom stereocenters.